The van der Waals surface area contributed by atoms with Crippen LogP contribution in [0.2, 0.25) is 0 Å². The molecule has 1 heterocycles. The van der Waals surface area contributed by atoms with E-state index in [0.717, 1.165) is 25.0 Å². The van der Waals surface area contributed by atoms with Crippen molar-refractivity contribution in [3.63, 3.8) is 0 Å². The van der Waals surface area contributed by atoms with E-state index in [2.05, 4.69) is 5.32 Å². The fourth-order valence-electron chi connectivity index (χ4n) is 2.28. The highest BCUT2D eigenvalue weighted by Gasteiger charge is 2.29. The van der Waals surface area contributed by atoms with Crippen LogP contribution in [0.5, 0.6) is 5.75 Å². The lowest BCUT2D eigenvalue weighted by Crippen LogP contribution is -2.51. The van der Waals surface area contributed by atoms with Gasteiger partial charge in [-0.05, 0) is 50.5 Å². The Morgan fingerprint density at radius 2 is 2.28 bits per heavy atom. The van der Waals surface area contributed by atoms with Crippen LogP contribution < -0.4 is 5.32 Å². The van der Waals surface area contributed by atoms with Gasteiger partial charge in [0, 0.05) is 12.2 Å². The number of carbonyl (C=O) groups excluding carboxylic acids is 1. The molecule has 0 aliphatic carbocycles. The van der Waals surface area contributed by atoms with E-state index in [-0.39, 0.29) is 17.2 Å². The molecule has 1 aliphatic heterocycles. The summed E-state index contributed by atoms with van der Waals surface area (Å²) in [7, 11) is 0. The monoisotopic (exact) mass is 249 g/mol. The topological polar surface area (TPSA) is 58.6 Å². The molecule has 1 fully saturated rings. The molecular formula is C14H19NO3. The van der Waals surface area contributed by atoms with E-state index < -0.39 is 0 Å². The first kappa shape index (κ1) is 12.9. The second-order valence-corrected chi connectivity index (χ2v) is 5.17. The number of aryl methyl sites for hydroxylation is 1. The Balaban J connectivity index is 2.11. The number of hydrogen-bond acceptors (Lipinski definition) is 3. The van der Waals surface area contributed by atoms with Crippen molar-refractivity contribution in [1.82, 2.24) is 5.32 Å². The molecule has 0 spiro atoms. The summed E-state index contributed by atoms with van der Waals surface area (Å²) in [6.45, 7) is 5.13. The average Bonchev–Trinajstić information content (AvgIpc) is 2.28. The summed E-state index contributed by atoms with van der Waals surface area (Å²) >= 11 is 0. The van der Waals surface area contributed by atoms with Crippen LogP contribution in [-0.4, -0.2) is 29.8 Å². The van der Waals surface area contributed by atoms with Crippen LogP contribution in [0.1, 0.15) is 35.7 Å². The average molecular weight is 249 g/mol. The third-order valence-corrected chi connectivity index (χ3v) is 3.31. The number of aromatic hydroxyl groups is 1. The maximum atomic E-state index is 12.2. The van der Waals surface area contributed by atoms with Gasteiger partial charge in [-0.1, -0.05) is 0 Å². The Hall–Kier alpha value is -1.55. The Bertz CT molecular complexity index is 450. The van der Waals surface area contributed by atoms with Crippen LogP contribution in [-0.2, 0) is 4.74 Å². The normalized spacial score (nSPS) is 23.7. The van der Waals surface area contributed by atoms with Crippen LogP contribution in [0.25, 0.3) is 0 Å². The molecule has 4 nitrogen and oxygen atoms in total. The lowest BCUT2D eigenvalue weighted by atomic mass is 9.94. The molecule has 0 aromatic heterocycles. The highest BCUT2D eigenvalue weighted by molar-refractivity contribution is 5.96. The van der Waals surface area contributed by atoms with Gasteiger partial charge in [0.2, 0.25) is 0 Å². The van der Waals surface area contributed by atoms with Gasteiger partial charge in [0.25, 0.3) is 5.91 Å². The molecular weight excluding hydrogens is 230 g/mol. The Morgan fingerprint density at radius 1 is 1.50 bits per heavy atom. The van der Waals surface area contributed by atoms with Crippen LogP contribution >= 0.6 is 0 Å². The fraction of sp³-hybridized carbons (Fsp3) is 0.500. The van der Waals surface area contributed by atoms with E-state index in [0.29, 0.717) is 12.2 Å². The van der Waals surface area contributed by atoms with Gasteiger partial charge < -0.3 is 15.2 Å². The molecule has 4 heteroatoms. The van der Waals surface area contributed by atoms with Gasteiger partial charge in [-0.25, -0.2) is 0 Å². The number of carbonyl (C=O) groups is 1. The van der Waals surface area contributed by atoms with Crippen LogP contribution in [0.4, 0.5) is 0 Å². The van der Waals surface area contributed by atoms with E-state index in [1.165, 1.54) is 6.07 Å². The number of ether oxygens (including phenoxy) is 1. The summed E-state index contributed by atoms with van der Waals surface area (Å²) in [5, 5.41) is 12.4. The quantitative estimate of drug-likeness (QED) is 0.842. The van der Waals surface area contributed by atoms with Crippen molar-refractivity contribution in [1.29, 1.82) is 0 Å². The molecule has 0 radical (unpaired) electrons. The van der Waals surface area contributed by atoms with Crippen LogP contribution in [0.3, 0.4) is 0 Å². The van der Waals surface area contributed by atoms with Gasteiger partial charge >= 0.3 is 0 Å². The Labute approximate surface area is 107 Å². The molecule has 1 atom stereocenters. The SMILES string of the molecule is Cc1cc(O)ccc1C(=O)NC1(C)CCCOC1. The zero-order chi connectivity index (χ0) is 13.2. The number of rotatable bonds is 2. The first-order valence-electron chi connectivity index (χ1n) is 6.20. The number of hydrogen-bond donors (Lipinski definition) is 2. The number of nitrogens with one attached hydrogen (secondary N) is 1. The molecule has 1 amide bonds. The van der Waals surface area contributed by atoms with Crippen LogP contribution in [0, 0.1) is 6.92 Å². The maximum Gasteiger partial charge on any atom is 0.252 e. The molecule has 1 aromatic rings. The van der Waals surface area contributed by atoms with Crippen molar-refractivity contribution < 1.29 is 14.6 Å². The first-order chi connectivity index (χ1) is 8.50. The summed E-state index contributed by atoms with van der Waals surface area (Å²) in [4.78, 5) is 12.2. The van der Waals surface area contributed by atoms with E-state index in [4.69, 9.17) is 4.74 Å². The van der Waals surface area contributed by atoms with Gasteiger partial charge in [0.1, 0.15) is 5.75 Å². The lowest BCUT2D eigenvalue weighted by Gasteiger charge is -2.34. The smallest absolute Gasteiger partial charge is 0.252 e. The van der Waals surface area contributed by atoms with Gasteiger partial charge in [-0.2, -0.15) is 0 Å². The van der Waals surface area contributed by atoms with Crippen molar-refractivity contribution in [3.05, 3.63) is 29.3 Å². The predicted octanol–water partition coefficient (Wildman–Crippen LogP) is 2.00. The summed E-state index contributed by atoms with van der Waals surface area (Å²) in [6.07, 6.45) is 1.89. The maximum absolute atomic E-state index is 12.2. The molecule has 1 unspecified atom stereocenters. The van der Waals surface area contributed by atoms with Gasteiger partial charge in [0.15, 0.2) is 0 Å². The molecule has 1 aliphatic rings. The fourth-order valence-corrected chi connectivity index (χ4v) is 2.28. The standard InChI is InChI=1S/C14H19NO3/c1-10-8-11(16)4-5-12(10)13(17)15-14(2)6-3-7-18-9-14/h4-5,8,16H,3,6-7,9H2,1-2H3,(H,15,17). The second-order valence-electron chi connectivity index (χ2n) is 5.17. The van der Waals surface area contributed by atoms with Crippen LogP contribution in [0.15, 0.2) is 18.2 Å². The van der Waals surface area contributed by atoms with Crippen molar-refractivity contribution >= 4 is 5.91 Å². The molecule has 2 rings (SSSR count). The minimum Gasteiger partial charge on any atom is -0.508 e. The summed E-state index contributed by atoms with van der Waals surface area (Å²) in [6, 6.07) is 4.77. The highest BCUT2D eigenvalue weighted by atomic mass is 16.5. The number of phenols is 1. The predicted molar refractivity (Wildman–Crippen MR) is 68.8 cm³/mol. The molecule has 1 aromatic carbocycles. The molecule has 18 heavy (non-hydrogen) atoms. The van der Waals surface area contributed by atoms with Crippen molar-refractivity contribution in [2.45, 2.75) is 32.2 Å². The van der Waals surface area contributed by atoms with Crippen molar-refractivity contribution in [2.75, 3.05) is 13.2 Å². The Morgan fingerprint density at radius 3 is 2.89 bits per heavy atom. The number of phenolic OH excluding ortho intramolecular Hbond substituents is 1. The molecule has 2 N–H and O–H groups in total. The highest BCUT2D eigenvalue weighted by Crippen LogP contribution is 2.21. The van der Waals surface area contributed by atoms with E-state index in [9.17, 15) is 9.90 Å². The van der Waals surface area contributed by atoms with Gasteiger partial charge in [-0.3, -0.25) is 4.79 Å². The minimum atomic E-state index is -0.292. The summed E-state index contributed by atoms with van der Waals surface area (Å²) in [5.74, 6) is 0.0664. The molecule has 98 valence electrons. The third-order valence-electron chi connectivity index (χ3n) is 3.31. The number of benzene rings is 1. The van der Waals surface area contributed by atoms with E-state index >= 15 is 0 Å². The lowest BCUT2D eigenvalue weighted by molar-refractivity contribution is 0.0272. The molecule has 0 saturated carbocycles. The second kappa shape index (κ2) is 4.98. The first-order valence-corrected chi connectivity index (χ1v) is 6.20. The van der Waals surface area contributed by atoms with E-state index in [1.54, 1.807) is 12.1 Å². The molecule has 1 saturated heterocycles. The largest absolute Gasteiger partial charge is 0.508 e. The Kier molecular flexibility index (Phi) is 3.57. The minimum absolute atomic E-state index is 0.111. The molecule has 0 bridgehead atoms. The summed E-state index contributed by atoms with van der Waals surface area (Å²) in [5.41, 5.74) is 1.08. The van der Waals surface area contributed by atoms with Crippen molar-refractivity contribution in [2.24, 2.45) is 0 Å². The number of amides is 1. The third kappa shape index (κ3) is 2.82. The van der Waals surface area contributed by atoms with E-state index in [1.807, 2.05) is 13.8 Å². The van der Waals surface area contributed by atoms with Gasteiger partial charge in [-0.15, -0.1) is 0 Å². The zero-order valence-corrected chi connectivity index (χ0v) is 10.8. The zero-order valence-electron chi connectivity index (χ0n) is 10.8. The van der Waals surface area contributed by atoms with Crippen molar-refractivity contribution in [3.8, 4) is 5.75 Å². The van der Waals surface area contributed by atoms with Gasteiger partial charge in [0.05, 0.1) is 12.1 Å². The summed E-state index contributed by atoms with van der Waals surface area (Å²) < 4.78 is 5.42.